The Morgan fingerprint density at radius 1 is 1.06 bits per heavy atom. The van der Waals surface area contributed by atoms with Crippen molar-refractivity contribution in [2.24, 2.45) is 10.8 Å². The molecule has 1 fully saturated rings. The van der Waals surface area contributed by atoms with Crippen LogP contribution in [0.1, 0.15) is 27.7 Å². The first-order valence-corrected chi connectivity index (χ1v) is 5.61. The second kappa shape index (κ2) is 4.44. The fourth-order valence-electron chi connectivity index (χ4n) is 2.02. The first kappa shape index (κ1) is 14.2. The molecule has 18 heavy (non-hydrogen) atoms. The molecule has 0 radical (unpaired) electrons. The quantitative estimate of drug-likeness (QED) is 0.652. The number of imide groups is 1. The largest absolute Gasteiger partial charge is 0.478 e. The zero-order valence-corrected chi connectivity index (χ0v) is 10.9. The molecule has 6 nitrogen and oxygen atoms in total. The van der Waals surface area contributed by atoms with Gasteiger partial charge in [0, 0.05) is 18.2 Å². The SMILES string of the molecule is CC1(C)C(NC(=O)NC(=O)C=CC(=O)O)C1(C)C. The molecule has 100 valence electrons. The van der Waals surface area contributed by atoms with Gasteiger partial charge < -0.3 is 10.4 Å². The second-order valence-electron chi connectivity index (χ2n) is 5.51. The molecule has 0 unspecified atom stereocenters. The Hall–Kier alpha value is -1.85. The van der Waals surface area contributed by atoms with Crippen LogP contribution >= 0.6 is 0 Å². The van der Waals surface area contributed by atoms with Crippen LogP contribution in [0.2, 0.25) is 0 Å². The van der Waals surface area contributed by atoms with Gasteiger partial charge in [-0.1, -0.05) is 27.7 Å². The van der Waals surface area contributed by atoms with E-state index in [1.165, 1.54) is 0 Å². The summed E-state index contributed by atoms with van der Waals surface area (Å²) < 4.78 is 0. The number of carbonyl (C=O) groups is 3. The molecule has 3 amide bonds. The Balaban J connectivity index is 2.45. The van der Waals surface area contributed by atoms with Crippen LogP contribution in [0.4, 0.5) is 4.79 Å². The van der Waals surface area contributed by atoms with Crippen LogP contribution in [-0.2, 0) is 9.59 Å². The number of aliphatic carboxylic acids is 1. The summed E-state index contributed by atoms with van der Waals surface area (Å²) >= 11 is 0. The molecule has 0 bridgehead atoms. The smallest absolute Gasteiger partial charge is 0.328 e. The van der Waals surface area contributed by atoms with E-state index in [-0.39, 0.29) is 16.9 Å². The summed E-state index contributed by atoms with van der Waals surface area (Å²) in [6.07, 6.45) is 1.47. The van der Waals surface area contributed by atoms with Crippen molar-refractivity contribution in [2.45, 2.75) is 33.7 Å². The van der Waals surface area contributed by atoms with E-state index >= 15 is 0 Å². The van der Waals surface area contributed by atoms with Gasteiger partial charge in [-0.25, -0.2) is 9.59 Å². The molecule has 1 saturated carbocycles. The highest BCUT2D eigenvalue weighted by Crippen LogP contribution is 2.62. The molecular formula is C12H18N2O4. The standard InChI is InChI=1S/C12H18N2O4/c1-11(2)9(12(11,3)4)14-10(18)13-7(15)5-6-8(16)17/h5-6,9H,1-4H3,(H,16,17)(H2,13,14,15,18). The Kier molecular flexibility index (Phi) is 3.50. The summed E-state index contributed by atoms with van der Waals surface area (Å²) in [4.78, 5) is 32.8. The van der Waals surface area contributed by atoms with Gasteiger partial charge in [-0.2, -0.15) is 0 Å². The molecule has 0 aromatic heterocycles. The maximum Gasteiger partial charge on any atom is 0.328 e. The van der Waals surface area contributed by atoms with E-state index in [2.05, 4.69) is 5.32 Å². The Labute approximate surface area is 105 Å². The van der Waals surface area contributed by atoms with Crippen LogP contribution in [0.25, 0.3) is 0 Å². The number of urea groups is 1. The maximum absolute atomic E-state index is 11.5. The van der Waals surface area contributed by atoms with Gasteiger partial charge in [0.2, 0.25) is 0 Å². The highest BCUT2D eigenvalue weighted by atomic mass is 16.4. The van der Waals surface area contributed by atoms with Crippen LogP contribution in [0, 0.1) is 10.8 Å². The highest BCUT2D eigenvalue weighted by molar-refractivity contribution is 6.02. The van der Waals surface area contributed by atoms with E-state index in [1.54, 1.807) is 0 Å². The fourth-order valence-corrected chi connectivity index (χ4v) is 2.02. The molecule has 0 spiro atoms. The average molecular weight is 254 g/mol. The molecule has 1 aliphatic carbocycles. The summed E-state index contributed by atoms with van der Waals surface area (Å²) in [5.41, 5.74) is -0.0470. The van der Waals surface area contributed by atoms with Gasteiger partial charge in [-0.05, 0) is 10.8 Å². The maximum atomic E-state index is 11.5. The van der Waals surface area contributed by atoms with Crippen LogP contribution in [0.5, 0.6) is 0 Å². The number of nitrogens with one attached hydrogen (secondary N) is 2. The van der Waals surface area contributed by atoms with Gasteiger partial charge in [0.25, 0.3) is 5.91 Å². The molecule has 0 aromatic carbocycles. The lowest BCUT2D eigenvalue weighted by Crippen LogP contribution is -2.41. The minimum atomic E-state index is -1.24. The van der Waals surface area contributed by atoms with Gasteiger partial charge in [0.05, 0.1) is 0 Å². The van der Waals surface area contributed by atoms with Crippen LogP contribution < -0.4 is 10.6 Å². The van der Waals surface area contributed by atoms with Crippen molar-refractivity contribution in [1.29, 1.82) is 0 Å². The lowest BCUT2D eigenvalue weighted by molar-refractivity contribution is -0.131. The number of carboxylic acids is 1. The van der Waals surface area contributed by atoms with E-state index in [9.17, 15) is 14.4 Å². The third kappa shape index (κ3) is 2.69. The molecule has 1 rings (SSSR count). The topological polar surface area (TPSA) is 95.5 Å². The minimum Gasteiger partial charge on any atom is -0.478 e. The molecular weight excluding hydrogens is 236 g/mol. The third-order valence-electron chi connectivity index (χ3n) is 3.91. The van der Waals surface area contributed by atoms with Gasteiger partial charge in [-0.3, -0.25) is 10.1 Å². The van der Waals surface area contributed by atoms with Crippen molar-refractivity contribution in [1.82, 2.24) is 10.6 Å². The summed E-state index contributed by atoms with van der Waals surface area (Å²) in [5, 5.41) is 13.1. The molecule has 0 aromatic rings. The Morgan fingerprint density at radius 2 is 1.56 bits per heavy atom. The zero-order chi connectivity index (χ0) is 14.1. The third-order valence-corrected chi connectivity index (χ3v) is 3.91. The second-order valence-corrected chi connectivity index (χ2v) is 5.51. The van der Waals surface area contributed by atoms with E-state index in [0.29, 0.717) is 6.08 Å². The van der Waals surface area contributed by atoms with Crippen LogP contribution in [-0.4, -0.2) is 29.1 Å². The summed E-state index contributed by atoms with van der Waals surface area (Å²) in [6.45, 7) is 8.13. The first-order chi connectivity index (χ1) is 8.09. The summed E-state index contributed by atoms with van der Waals surface area (Å²) in [7, 11) is 0. The van der Waals surface area contributed by atoms with Crippen molar-refractivity contribution in [3.8, 4) is 0 Å². The van der Waals surface area contributed by atoms with Gasteiger partial charge >= 0.3 is 12.0 Å². The summed E-state index contributed by atoms with van der Waals surface area (Å²) in [6, 6.07) is -0.625. The van der Waals surface area contributed by atoms with Gasteiger partial charge in [0.15, 0.2) is 0 Å². The van der Waals surface area contributed by atoms with Crippen molar-refractivity contribution in [3.63, 3.8) is 0 Å². The number of hydrogen-bond acceptors (Lipinski definition) is 3. The summed E-state index contributed by atoms with van der Waals surface area (Å²) in [5.74, 6) is -2.00. The van der Waals surface area contributed by atoms with E-state index < -0.39 is 17.9 Å². The van der Waals surface area contributed by atoms with Crippen LogP contribution in [0.15, 0.2) is 12.2 Å². The Bertz CT molecular complexity index is 410. The van der Waals surface area contributed by atoms with Crippen molar-refractivity contribution in [2.75, 3.05) is 0 Å². The number of hydrogen-bond donors (Lipinski definition) is 3. The number of rotatable bonds is 3. The zero-order valence-electron chi connectivity index (χ0n) is 10.9. The molecule has 1 aliphatic rings. The number of carboxylic acid groups (broad SMARTS) is 1. The predicted octanol–water partition coefficient (Wildman–Crippen LogP) is 0.888. The van der Waals surface area contributed by atoms with E-state index in [1.807, 2.05) is 33.0 Å². The minimum absolute atomic E-state index is 0.0127. The molecule has 3 N–H and O–H groups in total. The van der Waals surface area contributed by atoms with E-state index in [0.717, 1.165) is 6.08 Å². The van der Waals surface area contributed by atoms with Gasteiger partial charge in [-0.15, -0.1) is 0 Å². The molecule has 0 aliphatic heterocycles. The lowest BCUT2D eigenvalue weighted by atomic mass is 10.0. The average Bonchev–Trinajstić information content (AvgIpc) is 2.58. The molecule has 0 heterocycles. The normalized spacial score (nSPS) is 20.4. The van der Waals surface area contributed by atoms with Crippen molar-refractivity contribution in [3.05, 3.63) is 12.2 Å². The fraction of sp³-hybridized carbons (Fsp3) is 0.583. The lowest BCUT2D eigenvalue weighted by Gasteiger charge is -2.06. The number of amides is 3. The molecule has 6 heteroatoms. The van der Waals surface area contributed by atoms with Crippen molar-refractivity contribution < 1.29 is 19.5 Å². The highest BCUT2D eigenvalue weighted by Gasteiger charge is 2.65. The number of carbonyl (C=O) groups excluding carboxylic acids is 2. The molecule has 0 atom stereocenters. The first-order valence-electron chi connectivity index (χ1n) is 5.61. The van der Waals surface area contributed by atoms with E-state index in [4.69, 9.17) is 5.11 Å². The molecule has 0 saturated heterocycles. The van der Waals surface area contributed by atoms with Gasteiger partial charge in [0.1, 0.15) is 0 Å². The Morgan fingerprint density at radius 3 is 1.94 bits per heavy atom. The monoisotopic (exact) mass is 254 g/mol. The van der Waals surface area contributed by atoms with Crippen LogP contribution in [0.3, 0.4) is 0 Å². The van der Waals surface area contributed by atoms with Crippen molar-refractivity contribution >= 4 is 17.9 Å². The predicted molar refractivity (Wildman–Crippen MR) is 64.8 cm³/mol.